The molecule has 0 aromatic carbocycles. The van der Waals surface area contributed by atoms with Crippen LogP contribution in [0.1, 0.15) is 6.92 Å². The van der Waals surface area contributed by atoms with Crippen LogP contribution in [0.3, 0.4) is 0 Å². The van der Waals surface area contributed by atoms with Crippen LogP contribution < -0.4 is 0 Å². The molecule has 2 nitrogen and oxygen atoms in total. The zero-order chi connectivity index (χ0) is 5.70. The number of ether oxygens (including phenoxy) is 2. The summed E-state index contributed by atoms with van der Waals surface area (Å²) in [5.74, 6) is 0. The molecule has 0 saturated carbocycles. The predicted octanol–water partition coefficient (Wildman–Crippen LogP) is 1.19. The Kier molecular flexibility index (Phi) is 4.50. The molecule has 1 atom stereocenters. The Balaban J connectivity index is 2.83. The predicted molar refractivity (Wildman–Crippen MR) is 28.3 cm³/mol. The van der Waals surface area contributed by atoms with E-state index in [0.29, 0.717) is 0 Å². The van der Waals surface area contributed by atoms with Gasteiger partial charge in [0.15, 0.2) is 6.29 Å². The van der Waals surface area contributed by atoms with Crippen LogP contribution in [0, 0.1) is 0 Å². The molecule has 0 aliphatic heterocycles. The molecule has 0 aliphatic carbocycles. The second kappa shape index (κ2) is 4.37. The first-order chi connectivity index (χ1) is 3.31. The van der Waals surface area contributed by atoms with Crippen molar-refractivity contribution < 1.29 is 9.47 Å². The molecule has 7 heavy (non-hydrogen) atoms. The van der Waals surface area contributed by atoms with Gasteiger partial charge in [-0.2, -0.15) is 0 Å². The Morgan fingerprint density at radius 2 is 2.29 bits per heavy atom. The van der Waals surface area contributed by atoms with Gasteiger partial charge in [-0.3, -0.25) is 0 Å². The number of methoxy groups -OCH3 is 1. The second-order valence-electron chi connectivity index (χ2n) is 1.08. The number of halogens is 1. The molecular weight excluding hydrogens is 115 g/mol. The van der Waals surface area contributed by atoms with Gasteiger partial charge in [0, 0.05) is 7.11 Å². The van der Waals surface area contributed by atoms with Gasteiger partial charge in [0.1, 0.15) is 6.07 Å². The fraction of sp³-hybridized carbons (Fsp3) is 1.00. The minimum Gasteiger partial charge on any atom is -0.356 e. The molecule has 0 aliphatic rings. The maximum Gasteiger partial charge on any atom is 0.156 e. The van der Waals surface area contributed by atoms with E-state index in [1.807, 2.05) is 0 Å². The van der Waals surface area contributed by atoms with Crippen molar-refractivity contribution in [2.75, 3.05) is 13.2 Å². The topological polar surface area (TPSA) is 18.5 Å². The van der Waals surface area contributed by atoms with Gasteiger partial charge in [0.25, 0.3) is 0 Å². The van der Waals surface area contributed by atoms with Crippen LogP contribution in [0.4, 0.5) is 0 Å². The zero-order valence-corrected chi connectivity index (χ0v) is 5.23. The summed E-state index contributed by atoms with van der Waals surface area (Å²) in [4.78, 5) is 0. The quantitative estimate of drug-likeness (QED) is 0.416. The summed E-state index contributed by atoms with van der Waals surface area (Å²) in [5, 5.41) is 0. The number of hydrogen-bond donors (Lipinski definition) is 0. The molecule has 0 aromatic heterocycles. The lowest BCUT2D eigenvalue weighted by Crippen LogP contribution is -2.08. The van der Waals surface area contributed by atoms with Crippen LogP contribution in [0.15, 0.2) is 0 Å². The number of rotatable bonds is 3. The third-order valence-electron chi connectivity index (χ3n) is 0.630. The van der Waals surface area contributed by atoms with Crippen LogP contribution >= 0.6 is 11.6 Å². The Bertz CT molecular complexity index is 40.7. The molecule has 0 radical (unpaired) electrons. The molecule has 0 heterocycles. The fourth-order valence-corrected chi connectivity index (χ4v) is 0.334. The SMILES string of the molecule is COC(C)OCCl. The first-order valence-corrected chi connectivity index (χ1v) is 2.55. The van der Waals surface area contributed by atoms with Crippen LogP contribution in [0.5, 0.6) is 0 Å². The number of alkyl halides is 1. The fourth-order valence-electron chi connectivity index (χ4n) is 0.157. The van der Waals surface area contributed by atoms with Crippen LogP contribution in [0.2, 0.25) is 0 Å². The second-order valence-corrected chi connectivity index (χ2v) is 1.30. The summed E-state index contributed by atoms with van der Waals surface area (Å²) in [6.07, 6.45) is -0.183. The van der Waals surface area contributed by atoms with Crippen LogP contribution in [-0.4, -0.2) is 19.5 Å². The third kappa shape index (κ3) is 4.05. The molecule has 44 valence electrons. The average Bonchev–Trinajstić information content (AvgIpc) is 1.68. The van der Waals surface area contributed by atoms with E-state index < -0.39 is 0 Å². The largest absolute Gasteiger partial charge is 0.356 e. The highest BCUT2D eigenvalue weighted by atomic mass is 35.5. The monoisotopic (exact) mass is 124 g/mol. The Labute approximate surface area is 48.4 Å². The van der Waals surface area contributed by atoms with E-state index in [9.17, 15) is 0 Å². The van der Waals surface area contributed by atoms with Crippen molar-refractivity contribution in [3.8, 4) is 0 Å². The lowest BCUT2D eigenvalue weighted by molar-refractivity contribution is -0.0951. The summed E-state index contributed by atoms with van der Waals surface area (Å²) >= 11 is 5.17. The third-order valence-corrected chi connectivity index (χ3v) is 0.756. The van der Waals surface area contributed by atoms with Gasteiger partial charge in [-0.05, 0) is 6.92 Å². The van der Waals surface area contributed by atoms with Gasteiger partial charge in [-0.1, -0.05) is 11.6 Å². The van der Waals surface area contributed by atoms with E-state index in [0.717, 1.165) is 0 Å². The highest BCUT2D eigenvalue weighted by Crippen LogP contribution is 1.90. The summed E-state index contributed by atoms with van der Waals surface area (Å²) in [7, 11) is 1.57. The van der Waals surface area contributed by atoms with Crippen molar-refractivity contribution in [3.63, 3.8) is 0 Å². The Morgan fingerprint density at radius 3 is 2.43 bits per heavy atom. The highest BCUT2D eigenvalue weighted by molar-refractivity contribution is 6.17. The van der Waals surface area contributed by atoms with E-state index in [1.165, 1.54) is 0 Å². The van der Waals surface area contributed by atoms with Crippen LogP contribution in [0.25, 0.3) is 0 Å². The molecule has 0 saturated heterocycles. The van der Waals surface area contributed by atoms with Crippen molar-refractivity contribution in [3.05, 3.63) is 0 Å². The van der Waals surface area contributed by atoms with Crippen molar-refractivity contribution in [2.24, 2.45) is 0 Å². The van der Waals surface area contributed by atoms with Crippen molar-refractivity contribution >= 4 is 11.6 Å². The summed E-state index contributed by atoms with van der Waals surface area (Å²) < 4.78 is 9.42. The van der Waals surface area contributed by atoms with Gasteiger partial charge in [0.2, 0.25) is 0 Å². The zero-order valence-electron chi connectivity index (χ0n) is 4.48. The minimum absolute atomic E-state index is 0.183. The molecule has 1 unspecified atom stereocenters. The number of hydrogen-bond acceptors (Lipinski definition) is 2. The maximum absolute atomic E-state index is 5.17. The minimum atomic E-state index is -0.183. The standard InChI is InChI=1S/C4H9ClO2/c1-4(6-2)7-3-5/h4H,3H2,1-2H3. The molecule has 0 bridgehead atoms. The average molecular weight is 125 g/mol. The van der Waals surface area contributed by atoms with E-state index in [1.54, 1.807) is 14.0 Å². The lowest BCUT2D eigenvalue weighted by Gasteiger charge is -2.05. The van der Waals surface area contributed by atoms with Gasteiger partial charge in [0.05, 0.1) is 0 Å². The Hall–Kier alpha value is 0.210. The van der Waals surface area contributed by atoms with Gasteiger partial charge in [-0.15, -0.1) is 0 Å². The molecule has 0 rings (SSSR count). The first kappa shape index (κ1) is 7.21. The maximum atomic E-state index is 5.17. The van der Waals surface area contributed by atoms with Crippen molar-refractivity contribution in [2.45, 2.75) is 13.2 Å². The van der Waals surface area contributed by atoms with Crippen molar-refractivity contribution in [1.82, 2.24) is 0 Å². The Morgan fingerprint density at radius 1 is 1.71 bits per heavy atom. The lowest BCUT2D eigenvalue weighted by atomic mass is 10.8. The summed E-state index contributed by atoms with van der Waals surface area (Å²) in [6.45, 7) is 1.78. The summed E-state index contributed by atoms with van der Waals surface area (Å²) in [5.41, 5.74) is 0. The summed E-state index contributed by atoms with van der Waals surface area (Å²) in [6, 6.07) is 0.189. The molecule has 3 heteroatoms. The van der Waals surface area contributed by atoms with Gasteiger partial charge >= 0.3 is 0 Å². The van der Waals surface area contributed by atoms with E-state index in [4.69, 9.17) is 16.3 Å². The molecule has 0 fully saturated rings. The molecule has 0 aromatic rings. The molecular formula is C4H9ClO2. The normalized spacial score (nSPS) is 14.1. The van der Waals surface area contributed by atoms with Crippen molar-refractivity contribution in [1.29, 1.82) is 0 Å². The van der Waals surface area contributed by atoms with Gasteiger partial charge < -0.3 is 9.47 Å². The molecule has 0 amide bonds. The van der Waals surface area contributed by atoms with Gasteiger partial charge in [-0.25, -0.2) is 0 Å². The highest BCUT2D eigenvalue weighted by Gasteiger charge is 1.92. The molecule has 0 N–H and O–H groups in total. The smallest absolute Gasteiger partial charge is 0.156 e. The van der Waals surface area contributed by atoms with E-state index in [-0.39, 0.29) is 12.4 Å². The first-order valence-electron chi connectivity index (χ1n) is 2.01. The van der Waals surface area contributed by atoms with E-state index in [2.05, 4.69) is 4.74 Å². The van der Waals surface area contributed by atoms with Crippen LogP contribution in [-0.2, 0) is 9.47 Å². The van der Waals surface area contributed by atoms with E-state index >= 15 is 0 Å². The molecule has 0 spiro atoms.